The molecule has 19 heavy (non-hydrogen) atoms. The number of hydrogen-bond donors (Lipinski definition) is 1. The van der Waals surface area contributed by atoms with Crippen molar-refractivity contribution in [3.05, 3.63) is 34.6 Å². The van der Waals surface area contributed by atoms with Gasteiger partial charge in [-0.15, -0.1) is 12.4 Å². The molecule has 1 unspecified atom stereocenters. The fourth-order valence-electron chi connectivity index (χ4n) is 2.26. The van der Waals surface area contributed by atoms with Gasteiger partial charge in [0.2, 0.25) is 0 Å². The lowest BCUT2D eigenvalue weighted by Gasteiger charge is -2.32. The van der Waals surface area contributed by atoms with Gasteiger partial charge in [-0.3, -0.25) is 4.79 Å². The zero-order valence-corrected chi connectivity index (χ0v) is 12.2. The lowest BCUT2D eigenvalue weighted by Crippen LogP contribution is -2.47. The van der Waals surface area contributed by atoms with E-state index in [1.165, 1.54) is 18.2 Å². The number of halogens is 3. The Morgan fingerprint density at radius 1 is 1.53 bits per heavy atom. The Kier molecular flexibility index (Phi) is 6.04. The summed E-state index contributed by atoms with van der Waals surface area (Å²) in [7, 11) is 1.87. The average Bonchev–Trinajstić information content (AvgIpc) is 2.38. The maximum absolute atomic E-state index is 13.7. The van der Waals surface area contributed by atoms with Gasteiger partial charge in [0.05, 0.1) is 10.6 Å². The van der Waals surface area contributed by atoms with Crippen molar-refractivity contribution < 1.29 is 9.18 Å². The molecule has 0 bridgehead atoms. The average molecular weight is 307 g/mol. The number of nitrogens with zero attached hydrogens (tertiary/aromatic N) is 1. The van der Waals surface area contributed by atoms with Crippen LogP contribution < -0.4 is 5.32 Å². The third kappa shape index (κ3) is 3.59. The van der Waals surface area contributed by atoms with Crippen LogP contribution >= 0.6 is 24.0 Å². The third-order valence-electron chi connectivity index (χ3n) is 3.29. The Balaban J connectivity index is 0.00000180. The van der Waals surface area contributed by atoms with Gasteiger partial charge in [0.1, 0.15) is 5.82 Å². The van der Waals surface area contributed by atoms with Crippen molar-refractivity contribution in [3.63, 3.8) is 0 Å². The number of rotatable bonds is 2. The van der Waals surface area contributed by atoms with Crippen molar-refractivity contribution in [2.75, 3.05) is 20.1 Å². The molecule has 2 rings (SSSR count). The number of benzene rings is 1. The van der Waals surface area contributed by atoms with Crippen LogP contribution in [0.3, 0.4) is 0 Å². The van der Waals surface area contributed by atoms with E-state index in [1.54, 1.807) is 4.90 Å². The van der Waals surface area contributed by atoms with Crippen LogP contribution in [0.1, 0.15) is 23.2 Å². The van der Waals surface area contributed by atoms with E-state index in [4.69, 9.17) is 11.6 Å². The highest BCUT2D eigenvalue weighted by Crippen LogP contribution is 2.22. The first-order valence-corrected chi connectivity index (χ1v) is 6.42. The van der Waals surface area contributed by atoms with Crippen molar-refractivity contribution in [2.24, 2.45) is 0 Å². The smallest absolute Gasteiger partial charge is 0.258 e. The SMILES string of the molecule is CNC1CCCN(C(=O)c2c(F)cccc2Cl)C1.Cl. The van der Waals surface area contributed by atoms with Crippen molar-refractivity contribution in [2.45, 2.75) is 18.9 Å². The number of nitrogens with one attached hydrogen (secondary N) is 1. The van der Waals surface area contributed by atoms with E-state index in [-0.39, 0.29) is 34.9 Å². The Labute approximate surface area is 123 Å². The molecule has 1 aliphatic heterocycles. The Bertz CT molecular complexity index is 436. The summed E-state index contributed by atoms with van der Waals surface area (Å²) in [6.07, 6.45) is 1.95. The summed E-state index contributed by atoms with van der Waals surface area (Å²) in [5, 5.41) is 3.32. The van der Waals surface area contributed by atoms with Crippen LogP contribution in [0.2, 0.25) is 5.02 Å². The fraction of sp³-hybridized carbons (Fsp3) is 0.462. The van der Waals surface area contributed by atoms with E-state index in [0.717, 1.165) is 12.8 Å². The molecule has 1 aliphatic rings. The van der Waals surface area contributed by atoms with Crippen molar-refractivity contribution >= 4 is 29.9 Å². The van der Waals surface area contributed by atoms with Crippen LogP contribution in [0.25, 0.3) is 0 Å². The molecule has 1 amide bonds. The van der Waals surface area contributed by atoms with Gasteiger partial charge in [0, 0.05) is 19.1 Å². The first-order chi connectivity index (χ1) is 8.63. The number of piperidine rings is 1. The number of carbonyl (C=O) groups is 1. The molecule has 0 spiro atoms. The fourth-order valence-corrected chi connectivity index (χ4v) is 2.50. The molecule has 0 radical (unpaired) electrons. The third-order valence-corrected chi connectivity index (χ3v) is 3.61. The highest BCUT2D eigenvalue weighted by atomic mass is 35.5. The van der Waals surface area contributed by atoms with Gasteiger partial charge in [-0.1, -0.05) is 17.7 Å². The molecule has 0 aliphatic carbocycles. The van der Waals surface area contributed by atoms with E-state index in [9.17, 15) is 9.18 Å². The number of carbonyl (C=O) groups excluding carboxylic acids is 1. The summed E-state index contributed by atoms with van der Waals surface area (Å²) >= 11 is 5.91. The number of amides is 1. The van der Waals surface area contributed by atoms with Crippen LogP contribution in [0.4, 0.5) is 4.39 Å². The molecule has 1 aromatic carbocycles. The largest absolute Gasteiger partial charge is 0.337 e. The summed E-state index contributed by atoms with van der Waals surface area (Å²) in [4.78, 5) is 13.9. The topological polar surface area (TPSA) is 32.3 Å². The van der Waals surface area contributed by atoms with E-state index >= 15 is 0 Å². The molecule has 0 aromatic heterocycles. The Morgan fingerprint density at radius 3 is 2.89 bits per heavy atom. The highest BCUT2D eigenvalue weighted by molar-refractivity contribution is 6.33. The second kappa shape index (κ2) is 7.08. The maximum atomic E-state index is 13.7. The van der Waals surface area contributed by atoms with Crippen LogP contribution in [-0.4, -0.2) is 37.0 Å². The van der Waals surface area contributed by atoms with Gasteiger partial charge in [0.15, 0.2) is 0 Å². The van der Waals surface area contributed by atoms with Gasteiger partial charge >= 0.3 is 0 Å². The van der Waals surface area contributed by atoms with E-state index in [1.807, 2.05) is 7.05 Å². The molecule has 1 fully saturated rings. The second-order valence-electron chi connectivity index (χ2n) is 4.48. The zero-order valence-electron chi connectivity index (χ0n) is 10.7. The Morgan fingerprint density at radius 2 is 2.26 bits per heavy atom. The summed E-state index contributed by atoms with van der Waals surface area (Å²) in [5.74, 6) is -0.878. The maximum Gasteiger partial charge on any atom is 0.258 e. The zero-order chi connectivity index (χ0) is 13.1. The minimum absolute atomic E-state index is 0. The lowest BCUT2D eigenvalue weighted by molar-refractivity contribution is 0.0693. The predicted molar refractivity (Wildman–Crippen MR) is 76.6 cm³/mol. The molecule has 1 N–H and O–H groups in total. The quantitative estimate of drug-likeness (QED) is 0.911. The number of likely N-dealkylation sites (N-methyl/N-ethyl adjacent to an activating group) is 1. The highest BCUT2D eigenvalue weighted by Gasteiger charge is 2.26. The molecule has 1 saturated heterocycles. The summed E-state index contributed by atoms with van der Waals surface area (Å²) in [6, 6.07) is 4.57. The van der Waals surface area contributed by atoms with E-state index in [0.29, 0.717) is 13.1 Å². The molecule has 6 heteroatoms. The van der Waals surface area contributed by atoms with Gasteiger partial charge in [0.25, 0.3) is 5.91 Å². The first-order valence-electron chi connectivity index (χ1n) is 6.04. The van der Waals surface area contributed by atoms with E-state index in [2.05, 4.69) is 5.32 Å². The minimum Gasteiger partial charge on any atom is -0.337 e. The second-order valence-corrected chi connectivity index (χ2v) is 4.88. The number of likely N-dealkylation sites (tertiary alicyclic amines) is 1. The molecule has 1 aromatic rings. The first kappa shape index (κ1) is 16.2. The molecule has 3 nitrogen and oxygen atoms in total. The van der Waals surface area contributed by atoms with Crippen LogP contribution in [0, 0.1) is 5.82 Å². The standard InChI is InChI=1S/C13H16ClFN2O.ClH/c1-16-9-4-3-7-17(8-9)13(18)12-10(14)5-2-6-11(12)15;/h2,5-6,9,16H,3-4,7-8H2,1H3;1H. The van der Waals surface area contributed by atoms with Gasteiger partial charge in [-0.05, 0) is 32.0 Å². The van der Waals surface area contributed by atoms with Gasteiger partial charge < -0.3 is 10.2 Å². The van der Waals surface area contributed by atoms with Crippen LogP contribution in [0.5, 0.6) is 0 Å². The van der Waals surface area contributed by atoms with E-state index < -0.39 is 5.82 Å². The minimum atomic E-state index is -0.556. The molecule has 0 saturated carbocycles. The van der Waals surface area contributed by atoms with Crippen molar-refractivity contribution in [1.29, 1.82) is 0 Å². The van der Waals surface area contributed by atoms with Gasteiger partial charge in [-0.2, -0.15) is 0 Å². The van der Waals surface area contributed by atoms with Crippen LogP contribution in [0.15, 0.2) is 18.2 Å². The molecule has 1 heterocycles. The Hall–Kier alpha value is -0.840. The predicted octanol–water partition coefficient (Wildman–Crippen LogP) is 2.72. The van der Waals surface area contributed by atoms with Gasteiger partial charge in [-0.25, -0.2) is 4.39 Å². The monoisotopic (exact) mass is 306 g/mol. The lowest BCUT2D eigenvalue weighted by atomic mass is 10.0. The normalized spacial score (nSPS) is 18.9. The van der Waals surface area contributed by atoms with Crippen LogP contribution in [-0.2, 0) is 0 Å². The summed E-state index contributed by atoms with van der Waals surface area (Å²) in [6.45, 7) is 1.25. The summed E-state index contributed by atoms with van der Waals surface area (Å²) < 4.78 is 13.7. The summed E-state index contributed by atoms with van der Waals surface area (Å²) in [5.41, 5.74) is -0.0177. The van der Waals surface area contributed by atoms with Crippen molar-refractivity contribution in [3.8, 4) is 0 Å². The molecule has 1 atom stereocenters. The molecule has 106 valence electrons. The molecular weight excluding hydrogens is 290 g/mol. The number of hydrogen-bond acceptors (Lipinski definition) is 2. The molecular formula is C13H17Cl2FN2O. The van der Waals surface area contributed by atoms with Crippen molar-refractivity contribution in [1.82, 2.24) is 10.2 Å².